The van der Waals surface area contributed by atoms with Crippen LogP contribution in [-0.2, 0) is 11.3 Å². The van der Waals surface area contributed by atoms with E-state index in [0.29, 0.717) is 24.7 Å². The van der Waals surface area contributed by atoms with Gasteiger partial charge >= 0.3 is 0 Å². The molecule has 0 saturated carbocycles. The highest BCUT2D eigenvalue weighted by atomic mass is 19.1. The summed E-state index contributed by atoms with van der Waals surface area (Å²) >= 11 is 0. The fraction of sp³-hybridized carbons (Fsp3) is 0.625. The molecule has 0 heterocycles. The van der Waals surface area contributed by atoms with Gasteiger partial charge in [-0.2, -0.15) is 0 Å². The first-order valence-corrected chi connectivity index (χ1v) is 7.32. The van der Waals surface area contributed by atoms with Gasteiger partial charge in [-0.3, -0.25) is 0 Å². The van der Waals surface area contributed by atoms with Crippen molar-refractivity contribution in [2.24, 2.45) is 5.92 Å². The van der Waals surface area contributed by atoms with E-state index in [4.69, 9.17) is 4.74 Å². The largest absolute Gasteiger partial charge is 0.389 e. The Morgan fingerprint density at radius 1 is 1.38 bits per heavy atom. The predicted octanol–water partition coefficient (Wildman–Crippen LogP) is 2.01. The molecule has 0 aromatic heterocycles. The SMILES string of the molecule is COCC(O)CN(C)c1c(F)cccc1CNCC(C)C. The molecule has 1 unspecified atom stereocenters. The van der Waals surface area contributed by atoms with Gasteiger partial charge in [0.2, 0.25) is 0 Å². The van der Waals surface area contributed by atoms with Crippen LogP contribution in [0.15, 0.2) is 18.2 Å². The molecule has 0 aliphatic rings. The van der Waals surface area contributed by atoms with Gasteiger partial charge < -0.3 is 20.1 Å². The minimum absolute atomic E-state index is 0.236. The maximum Gasteiger partial charge on any atom is 0.146 e. The van der Waals surface area contributed by atoms with Crippen LogP contribution < -0.4 is 10.2 Å². The third-order valence-electron chi connectivity index (χ3n) is 3.16. The summed E-state index contributed by atoms with van der Waals surface area (Å²) in [5, 5.41) is 13.1. The molecule has 4 nitrogen and oxygen atoms in total. The Kier molecular flexibility index (Phi) is 7.64. The van der Waals surface area contributed by atoms with Gasteiger partial charge in [-0.1, -0.05) is 26.0 Å². The Hall–Kier alpha value is -1.17. The van der Waals surface area contributed by atoms with Crippen LogP contribution in [0, 0.1) is 11.7 Å². The molecule has 0 saturated heterocycles. The first kappa shape index (κ1) is 17.9. The molecule has 5 heteroatoms. The minimum Gasteiger partial charge on any atom is -0.389 e. The number of nitrogens with one attached hydrogen (secondary N) is 1. The molecule has 0 aliphatic heterocycles. The third-order valence-corrected chi connectivity index (χ3v) is 3.16. The maximum absolute atomic E-state index is 14.1. The normalized spacial score (nSPS) is 12.7. The van der Waals surface area contributed by atoms with Gasteiger partial charge in [0, 0.05) is 27.2 Å². The second kappa shape index (κ2) is 8.97. The zero-order valence-electron chi connectivity index (χ0n) is 13.4. The lowest BCUT2D eigenvalue weighted by Gasteiger charge is -2.25. The van der Waals surface area contributed by atoms with Gasteiger partial charge in [0.15, 0.2) is 0 Å². The topological polar surface area (TPSA) is 44.7 Å². The fourth-order valence-corrected chi connectivity index (χ4v) is 2.28. The van der Waals surface area contributed by atoms with Crippen LogP contribution >= 0.6 is 0 Å². The number of nitrogens with zero attached hydrogens (tertiary/aromatic N) is 1. The minimum atomic E-state index is -0.643. The molecule has 0 spiro atoms. The zero-order valence-corrected chi connectivity index (χ0v) is 13.4. The second-order valence-electron chi connectivity index (χ2n) is 5.76. The average molecular weight is 298 g/mol. The van der Waals surface area contributed by atoms with Crippen LogP contribution in [-0.4, -0.2) is 45.1 Å². The van der Waals surface area contributed by atoms with Gasteiger partial charge in [0.25, 0.3) is 0 Å². The van der Waals surface area contributed by atoms with Crippen LogP contribution in [0.2, 0.25) is 0 Å². The Morgan fingerprint density at radius 3 is 2.71 bits per heavy atom. The van der Waals surface area contributed by atoms with E-state index in [1.54, 1.807) is 18.0 Å². The number of methoxy groups -OCH3 is 1. The van der Waals surface area contributed by atoms with Crippen molar-refractivity contribution >= 4 is 5.69 Å². The number of hydrogen-bond donors (Lipinski definition) is 2. The zero-order chi connectivity index (χ0) is 15.8. The number of halogens is 1. The monoisotopic (exact) mass is 298 g/mol. The molecular formula is C16H27FN2O2. The molecule has 1 rings (SSSR count). The van der Waals surface area contributed by atoms with E-state index in [1.165, 1.54) is 13.2 Å². The predicted molar refractivity (Wildman–Crippen MR) is 84.1 cm³/mol. The molecule has 0 aliphatic carbocycles. The molecule has 0 radical (unpaired) electrons. The van der Waals surface area contributed by atoms with E-state index in [1.807, 2.05) is 6.07 Å². The fourth-order valence-electron chi connectivity index (χ4n) is 2.28. The van der Waals surface area contributed by atoms with Crippen molar-refractivity contribution in [1.29, 1.82) is 0 Å². The van der Waals surface area contributed by atoms with Crippen LogP contribution in [0.1, 0.15) is 19.4 Å². The third kappa shape index (κ3) is 5.99. The Morgan fingerprint density at radius 2 is 2.10 bits per heavy atom. The highest BCUT2D eigenvalue weighted by molar-refractivity contribution is 5.54. The maximum atomic E-state index is 14.1. The van der Waals surface area contributed by atoms with Gasteiger partial charge in [-0.05, 0) is 24.1 Å². The Balaban J connectivity index is 2.78. The summed E-state index contributed by atoms with van der Waals surface area (Å²) in [4.78, 5) is 1.74. The number of rotatable bonds is 9. The first-order chi connectivity index (χ1) is 9.95. The van der Waals surface area contributed by atoms with Crippen molar-refractivity contribution in [3.05, 3.63) is 29.6 Å². The number of ether oxygens (including phenoxy) is 1. The first-order valence-electron chi connectivity index (χ1n) is 7.32. The van der Waals surface area contributed by atoms with E-state index in [0.717, 1.165) is 12.1 Å². The second-order valence-corrected chi connectivity index (χ2v) is 5.76. The van der Waals surface area contributed by atoms with E-state index in [2.05, 4.69) is 19.2 Å². The molecule has 2 N–H and O–H groups in total. The molecule has 1 aromatic rings. The highest BCUT2D eigenvalue weighted by Crippen LogP contribution is 2.23. The summed E-state index contributed by atoms with van der Waals surface area (Å²) in [7, 11) is 3.32. The summed E-state index contributed by atoms with van der Waals surface area (Å²) in [6.45, 7) is 6.31. The smallest absolute Gasteiger partial charge is 0.146 e. The average Bonchev–Trinajstić information content (AvgIpc) is 2.38. The molecule has 120 valence electrons. The van der Waals surface area contributed by atoms with Gasteiger partial charge in [0.1, 0.15) is 5.82 Å². The van der Waals surface area contributed by atoms with E-state index in [-0.39, 0.29) is 12.4 Å². The van der Waals surface area contributed by atoms with Crippen LogP contribution in [0.4, 0.5) is 10.1 Å². The Bertz CT molecular complexity index is 427. The molecule has 0 bridgehead atoms. The standard InChI is InChI=1S/C16H27FN2O2/c1-12(2)8-18-9-13-6-5-7-15(17)16(13)19(3)10-14(20)11-21-4/h5-7,12,14,18,20H,8-11H2,1-4H3. The van der Waals surface area contributed by atoms with E-state index in [9.17, 15) is 9.50 Å². The lowest BCUT2D eigenvalue weighted by Crippen LogP contribution is -2.33. The molecule has 0 amide bonds. The van der Waals surface area contributed by atoms with Gasteiger partial charge in [-0.15, -0.1) is 0 Å². The summed E-state index contributed by atoms with van der Waals surface area (Å²) < 4.78 is 19.0. The number of likely N-dealkylation sites (N-methyl/N-ethyl adjacent to an activating group) is 1. The lowest BCUT2D eigenvalue weighted by molar-refractivity contribution is 0.0694. The molecule has 1 atom stereocenters. The lowest BCUT2D eigenvalue weighted by atomic mass is 10.1. The highest BCUT2D eigenvalue weighted by Gasteiger charge is 2.16. The number of anilines is 1. The van der Waals surface area contributed by atoms with Crippen molar-refractivity contribution in [2.75, 3.05) is 38.8 Å². The summed E-state index contributed by atoms with van der Waals surface area (Å²) in [6, 6.07) is 5.07. The van der Waals surface area contributed by atoms with Crippen molar-refractivity contribution in [2.45, 2.75) is 26.5 Å². The van der Waals surface area contributed by atoms with Crippen LogP contribution in [0.3, 0.4) is 0 Å². The number of aliphatic hydroxyl groups excluding tert-OH is 1. The molecule has 1 aromatic carbocycles. The van der Waals surface area contributed by atoms with Crippen molar-refractivity contribution in [3.8, 4) is 0 Å². The number of hydrogen-bond acceptors (Lipinski definition) is 4. The summed E-state index contributed by atoms with van der Waals surface area (Å²) in [6.07, 6.45) is -0.643. The van der Waals surface area contributed by atoms with Crippen molar-refractivity contribution < 1.29 is 14.2 Å². The molecule has 0 fully saturated rings. The quantitative estimate of drug-likeness (QED) is 0.732. The molecule has 21 heavy (non-hydrogen) atoms. The molecular weight excluding hydrogens is 271 g/mol. The van der Waals surface area contributed by atoms with E-state index < -0.39 is 6.10 Å². The number of para-hydroxylation sites is 1. The van der Waals surface area contributed by atoms with Gasteiger partial charge in [0.05, 0.1) is 18.4 Å². The summed E-state index contributed by atoms with van der Waals surface area (Å²) in [5.74, 6) is 0.272. The summed E-state index contributed by atoms with van der Waals surface area (Å²) in [5.41, 5.74) is 1.42. The number of aliphatic hydroxyl groups is 1. The Labute approximate surface area is 126 Å². The van der Waals surface area contributed by atoms with Crippen LogP contribution in [0.25, 0.3) is 0 Å². The van der Waals surface area contributed by atoms with E-state index >= 15 is 0 Å². The van der Waals surface area contributed by atoms with Crippen LogP contribution in [0.5, 0.6) is 0 Å². The van der Waals surface area contributed by atoms with Crippen molar-refractivity contribution in [3.63, 3.8) is 0 Å². The van der Waals surface area contributed by atoms with Crippen molar-refractivity contribution in [1.82, 2.24) is 5.32 Å². The van der Waals surface area contributed by atoms with Gasteiger partial charge in [-0.25, -0.2) is 4.39 Å². The number of benzene rings is 1.